The van der Waals surface area contributed by atoms with E-state index in [0.29, 0.717) is 5.02 Å². The predicted octanol–water partition coefficient (Wildman–Crippen LogP) is 1.17. The predicted molar refractivity (Wildman–Crippen MR) is 57.7 cm³/mol. The van der Waals surface area contributed by atoms with Crippen LogP contribution in [0.25, 0.3) is 0 Å². The zero-order chi connectivity index (χ0) is 10.1. The maximum atomic E-state index is 9.00. The van der Waals surface area contributed by atoms with Gasteiger partial charge in [-0.2, -0.15) is 0 Å². The molecule has 4 N–H and O–H groups in total. The van der Waals surface area contributed by atoms with Gasteiger partial charge < -0.3 is 16.2 Å². The Balaban J connectivity index is 2.33. The van der Waals surface area contributed by atoms with Crippen molar-refractivity contribution in [1.82, 2.24) is 0 Å². The van der Waals surface area contributed by atoms with Crippen LogP contribution in [0.1, 0.15) is 11.5 Å². The van der Waals surface area contributed by atoms with Crippen LogP contribution in [0.5, 0.6) is 0 Å². The lowest BCUT2D eigenvalue weighted by atomic mass is 9.94. The van der Waals surface area contributed by atoms with Crippen LogP contribution >= 0.6 is 11.6 Å². The molecule has 4 heteroatoms. The van der Waals surface area contributed by atoms with E-state index in [1.807, 2.05) is 18.2 Å². The average molecular weight is 213 g/mol. The van der Waals surface area contributed by atoms with Crippen LogP contribution in [0.15, 0.2) is 18.2 Å². The summed E-state index contributed by atoms with van der Waals surface area (Å²) in [6.07, 6.45) is 0. The van der Waals surface area contributed by atoms with E-state index < -0.39 is 0 Å². The van der Waals surface area contributed by atoms with Gasteiger partial charge >= 0.3 is 0 Å². The molecule has 2 rings (SSSR count). The van der Waals surface area contributed by atoms with Crippen molar-refractivity contribution < 1.29 is 5.11 Å². The second kappa shape index (κ2) is 3.77. The van der Waals surface area contributed by atoms with Crippen molar-refractivity contribution in [1.29, 1.82) is 0 Å². The third-order valence-electron chi connectivity index (χ3n) is 2.65. The molecule has 14 heavy (non-hydrogen) atoms. The Hall–Kier alpha value is -0.770. The highest BCUT2D eigenvalue weighted by molar-refractivity contribution is 6.30. The van der Waals surface area contributed by atoms with Crippen molar-refractivity contribution in [3.05, 3.63) is 28.8 Å². The number of nitrogens with two attached hydrogens (primary N) is 1. The number of hydrogen-bond donors (Lipinski definition) is 3. The summed E-state index contributed by atoms with van der Waals surface area (Å²) in [5, 5.41) is 13.0. The van der Waals surface area contributed by atoms with E-state index in [9.17, 15) is 0 Å². The number of benzene rings is 1. The van der Waals surface area contributed by atoms with Crippen molar-refractivity contribution in [2.24, 2.45) is 5.73 Å². The minimum absolute atomic E-state index is 0.00169. The molecule has 0 bridgehead atoms. The standard InChI is InChI=1S/C10H13ClN2O/c11-6-1-2-10-7(3-6)8(4-13-10)9(12)5-14/h1-3,8-9,13-14H,4-5,12H2. The normalized spacial score (nSPS) is 21.5. The molecule has 76 valence electrons. The van der Waals surface area contributed by atoms with Gasteiger partial charge in [0.15, 0.2) is 0 Å². The summed E-state index contributed by atoms with van der Waals surface area (Å²) in [7, 11) is 0. The van der Waals surface area contributed by atoms with Crippen molar-refractivity contribution in [2.75, 3.05) is 18.5 Å². The van der Waals surface area contributed by atoms with Crippen molar-refractivity contribution in [3.63, 3.8) is 0 Å². The Morgan fingerprint density at radius 1 is 1.64 bits per heavy atom. The highest BCUT2D eigenvalue weighted by Crippen LogP contribution is 2.34. The van der Waals surface area contributed by atoms with Gasteiger partial charge in [0, 0.05) is 29.2 Å². The number of hydrogen-bond acceptors (Lipinski definition) is 3. The summed E-state index contributed by atoms with van der Waals surface area (Å²) in [5.74, 6) is 0.161. The lowest BCUT2D eigenvalue weighted by molar-refractivity contribution is 0.252. The van der Waals surface area contributed by atoms with Gasteiger partial charge in [0.25, 0.3) is 0 Å². The molecule has 0 radical (unpaired) electrons. The molecule has 2 atom stereocenters. The van der Waals surface area contributed by atoms with Gasteiger partial charge in [-0.25, -0.2) is 0 Å². The summed E-state index contributed by atoms with van der Waals surface area (Å²) >= 11 is 5.91. The van der Waals surface area contributed by atoms with E-state index in [-0.39, 0.29) is 18.6 Å². The van der Waals surface area contributed by atoms with Crippen molar-refractivity contribution >= 4 is 17.3 Å². The Bertz CT molecular complexity index is 343. The molecule has 0 amide bonds. The molecule has 1 heterocycles. The molecule has 1 aromatic carbocycles. The Labute approximate surface area is 87.9 Å². The molecule has 0 aliphatic carbocycles. The van der Waals surface area contributed by atoms with Gasteiger partial charge in [-0.1, -0.05) is 11.6 Å². The van der Waals surface area contributed by atoms with E-state index >= 15 is 0 Å². The number of rotatable bonds is 2. The van der Waals surface area contributed by atoms with Crippen molar-refractivity contribution in [3.8, 4) is 0 Å². The molecule has 1 aliphatic rings. The third kappa shape index (κ3) is 1.59. The van der Waals surface area contributed by atoms with E-state index in [0.717, 1.165) is 17.8 Å². The molecule has 0 spiro atoms. The first-order chi connectivity index (χ1) is 6.72. The first-order valence-electron chi connectivity index (χ1n) is 4.62. The lowest BCUT2D eigenvalue weighted by Crippen LogP contribution is -2.33. The van der Waals surface area contributed by atoms with Gasteiger partial charge in [-0.15, -0.1) is 0 Å². The zero-order valence-corrected chi connectivity index (χ0v) is 8.46. The van der Waals surface area contributed by atoms with E-state index in [2.05, 4.69) is 5.32 Å². The Morgan fingerprint density at radius 2 is 2.43 bits per heavy atom. The fourth-order valence-electron chi connectivity index (χ4n) is 1.84. The quantitative estimate of drug-likeness (QED) is 0.690. The molecule has 3 nitrogen and oxygen atoms in total. The van der Waals surface area contributed by atoms with Gasteiger partial charge in [0.05, 0.1) is 6.61 Å². The van der Waals surface area contributed by atoms with Gasteiger partial charge in [0.2, 0.25) is 0 Å². The fourth-order valence-corrected chi connectivity index (χ4v) is 2.02. The third-order valence-corrected chi connectivity index (χ3v) is 2.89. The molecule has 0 saturated heterocycles. The van der Waals surface area contributed by atoms with Crippen LogP contribution in [-0.4, -0.2) is 24.3 Å². The first-order valence-corrected chi connectivity index (χ1v) is 5.00. The number of fused-ring (bicyclic) bond motifs is 1. The van der Waals surface area contributed by atoms with E-state index in [1.165, 1.54) is 0 Å². The average Bonchev–Trinajstić information content (AvgIpc) is 2.59. The maximum Gasteiger partial charge on any atom is 0.0589 e. The highest BCUT2D eigenvalue weighted by Gasteiger charge is 2.27. The molecule has 0 aromatic heterocycles. The minimum Gasteiger partial charge on any atom is -0.395 e. The number of aliphatic hydroxyl groups excluding tert-OH is 1. The maximum absolute atomic E-state index is 9.00. The van der Waals surface area contributed by atoms with Crippen LogP contribution in [-0.2, 0) is 0 Å². The second-order valence-electron chi connectivity index (χ2n) is 3.57. The molecule has 0 saturated carbocycles. The fraction of sp³-hybridized carbons (Fsp3) is 0.400. The Kier molecular flexibility index (Phi) is 2.63. The molecular formula is C10H13ClN2O. The van der Waals surface area contributed by atoms with Gasteiger partial charge in [0.1, 0.15) is 0 Å². The molecule has 1 aromatic rings. The first kappa shape index (κ1) is 9.77. The smallest absolute Gasteiger partial charge is 0.0589 e. The van der Waals surface area contributed by atoms with E-state index in [1.54, 1.807) is 0 Å². The number of anilines is 1. The SMILES string of the molecule is NC(CO)C1CNc2ccc(Cl)cc21. The second-order valence-corrected chi connectivity index (χ2v) is 4.00. The number of nitrogens with one attached hydrogen (secondary N) is 1. The highest BCUT2D eigenvalue weighted by atomic mass is 35.5. The van der Waals surface area contributed by atoms with Crippen LogP contribution in [0.4, 0.5) is 5.69 Å². The lowest BCUT2D eigenvalue weighted by Gasteiger charge is -2.16. The Morgan fingerprint density at radius 3 is 3.14 bits per heavy atom. The minimum atomic E-state index is -0.220. The molecule has 0 fully saturated rings. The summed E-state index contributed by atoms with van der Waals surface area (Å²) in [6.45, 7) is 0.774. The van der Waals surface area contributed by atoms with Crippen LogP contribution < -0.4 is 11.1 Å². The van der Waals surface area contributed by atoms with Crippen LogP contribution in [0.2, 0.25) is 5.02 Å². The summed E-state index contributed by atoms with van der Waals surface area (Å²) in [4.78, 5) is 0. The largest absolute Gasteiger partial charge is 0.395 e. The van der Waals surface area contributed by atoms with E-state index in [4.69, 9.17) is 22.4 Å². The van der Waals surface area contributed by atoms with Gasteiger partial charge in [-0.3, -0.25) is 0 Å². The molecule has 1 aliphatic heterocycles. The summed E-state index contributed by atoms with van der Waals surface area (Å²) in [6, 6.07) is 5.49. The monoisotopic (exact) mass is 212 g/mol. The zero-order valence-electron chi connectivity index (χ0n) is 7.70. The molecular weight excluding hydrogens is 200 g/mol. The summed E-state index contributed by atoms with van der Waals surface area (Å²) < 4.78 is 0. The van der Waals surface area contributed by atoms with Crippen molar-refractivity contribution in [2.45, 2.75) is 12.0 Å². The number of halogens is 1. The van der Waals surface area contributed by atoms with Crippen LogP contribution in [0, 0.1) is 0 Å². The van der Waals surface area contributed by atoms with Gasteiger partial charge in [-0.05, 0) is 23.8 Å². The molecule has 2 unspecified atom stereocenters. The topological polar surface area (TPSA) is 58.3 Å². The summed E-state index contributed by atoms with van der Waals surface area (Å²) in [5.41, 5.74) is 7.99. The number of aliphatic hydroxyl groups is 1. The van der Waals surface area contributed by atoms with Crippen LogP contribution in [0.3, 0.4) is 0 Å².